The minimum Gasteiger partial charge on any atom is -0.508 e. The molecule has 0 saturated heterocycles. The molecule has 0 aliphatic heterocycles. The molecule has 0 radical (unpaired) electrons. The molecule has 2 N–H and O–H groups in total. The first kappa shape index (κ1) is 13.9. The van der Waals surface area contributed by atoms with E-state index in [9.17, 15) is 23.1 Å². The highest BCUT2D eigenvalue weighted by molar-refractivity contribution is 6.04. The maximum absolute atomic E-state index is 12.3. The summed E-state index contributed by atoms with van der Waals surface area (Å²) in [5.74, 6) is -0.648. The Labute approximate surface area is 111 Å². The first-order chi connectivity index (χ1) is 9.36. The zero-order valence-electron chi connectivity index (χ0n) is 9.98. The zero-order valence-corrected chi connectivity index (χ0v) is 9.98. The van der Waals surface area contributed by atoms with Crippen molar-refractivity contribution < 1.29 is 23.1 Å². The number of pyridine rings is 1. The Bertz CT molecular complexity index is 624. The molecule has 2 rings (SSSR count). The van der Waals surface area contributed by atoms with Crippen molar-refractivity contribution in [3.05, 3.63) is 53.9 Å². The Morgan fingerprint density at radius 3 is 2.50 bits per heavy atom. The van der Waals surface area contributed by atoms with E-state index < -0.39 is 17.8 Å². The lowest BCUT2D eigenvalue weighted by Crippen LogP contribution is -2.14. The van der Waals surface area contributed by atoms with Crippen molar-refractivity contribution in [1.29, 1.82) is 0 Å². The van der Waals surface area contributed by atoms with Crippen LogP contribution in [0, 0.1) is 0 Å². The number of hydrogen-bond donors (Lipinski definition) is 2. The molecule has 0 unspecified atom stereocenters. The predicted molar refractivity (Wildman–Crippen MR) is 65.3 cm³/mol. The summed E-state index contributed by atoms with van der Waals surface area (Å²) in [5, 5.41) is 11.7. The fourth-order valence-corrected chi connectivity index (χ4v) is 1.48. The van der Waals surface area contributed by atoms with Crippen LogP contribution in [0.2, 0.25) is 0 Å². The van der Waals surface area contributed by atoms with Crippen LogP contribution in [0.25, 0.3) is 0 Å². The fourth-order valence-electron chi connectivity index (χ4n) is 1.48. The van der Waals surface area contributed by atoms with Gasteiger partial charge in [0.15, 0.2) is 0 Å². The molecule has 7 heteroatoms. The summed E-state index contributed by atoms with van der Waals surface area (Å²) in [6, 6.07) is 7.57. The van der Waals surface area contributed by atoms with Gasteiger partial charge in [-0.25, -0.2) is 0 Å². The number of carbonyl (C=O) groups excluding carboxylic acids is 1. The molecule has 0 aliphatic rings. The van der Waals surface area contributed by atoms with Gasteiger partial charge < -0.3 is 10.4 Å². The average molecular weight is 282 g/mol. The molecule has 0 saturated carbocycles. The normalized spacial score (nSPS) is 11.2. The average Bonchev–Trinajstić information content (AvgIpc) is 2.38. The summed E-state index contributed by atoms with van der Waals surface area (Å²) in [6.07, 6.45) is -3.69. The second-order valence-electron chi connectivity index (χ2n) is 3.93. The highest BCUT2D eigenvalue weighted by Gasteiger charge is 2.32. The van der Waals surface area contributed by atoms with Crippen LogP contribution < -0.4 is 5.32 Å². The van der Waals surface area contributed by atoms with Crippen LogP contribution in [-0.2, 0) is 6.18 Å². The molecular formula is C13H9F3N2O2. The fraction of sp³-hybridized carbons (Fsp3) is 0.0769. The van der Waals surface area contributed by atoms with Crippen molar-refractivity contribution >= 4 is 11.6 Å². The van der Waals surface area contributed by atoms with E-state index in [0.29, 0.717) is 5.69 Å². The van der Waals surface area contributed by atoms with Crippen molar-refractivity contribution in [2.45, 2.75) is 6.18 Å². The van der Waals surface area contributed by atoms with E-state index in [1.54, 1.807) is 0 Å². The van der Waals surface area contributed by atoms with Gasteiger partial charge in [-0.1, -0.05) is 6.07 Å². The number of phenolic OH excluding ortho intramolecular Hbond substituents is 1. The lowest BCUT2D eigenvalue weighted by Gasteiger charge is -2.07. The van der Waals surface area contributed by atoms with Gasteiger partial charge in [0.25, 0.3) is 5.91 Å². The second-order valence-corrected chi connectivity index (χ2v) is 3.93. The number of nitrogens with one attached hydrogen (secondary N) is 1. The number of aromatic nitrogens is 1. The van der Waals surface area contributed by atoms with Crippen LogP contribution in [0.1, 0.15) is 16.1 Å². The maximum Gasteiger partial charge on any atom is 0.433 e. The van der Waals surface area contributed by atoms with Gasteiger partial charge in [-0.15, -0.1) is 0 Å². The molecule has 0 atom stereocenters. The third kappa shape index (κ3) is 3.25. The molecule has 0 spiro atoms. The first-order valence-electron chi connectivity index (χ1n) is 5.50. The molecule has 0 bridgehead atoms. The molecule has 20 heavy (non-hydrogen) atoms. The van der Waals surface area contributed by atoms with Crippen molar-refractivity contribution in [3.63, 3.8) is 0 Å². The molecule has 2 aromatic rings. The quantitative estimate of drug-likeness (QED) is 0.889. The van der Waals surface area contributed by atoms with Gasteiger partial charge in [-0.05, 0) is 24.3 Å². The first-order valence-corrected chi connectivity index (χ1v) is 5.50. The van der Waals surface area contributed by atoms with Crippen LogP contribution >= 0.6 is 0 Å². The van der Waals surface area contributed by atoms with Gasteiger partial charge >= 0.3 is 6.18 Å². The number of benzene rings is 1. The highest BCUT2D eigenvalue weighted by Crippen LogP contribution is 2.27. The predicted octanol–water partition coefficient (Wildman–Crippen LogP) is 3.06. The molecule has 1 amide bonds. The molecule has 4 nitrogen and oxygen atoms in total. The monoisotopic (exact) mass is 282 g/mol. The Hall–Kier alpha value is -2.57. The van der Waals surface area contributed by atoms with Crippen LogP contribution in [-0.4, -0.2) is 16.0 Å². The molecule has 1 heterocycles. The number of hydrogen-bond acceptors (Lipinski definition) is 3. The summed E-state index contributed by atoms with van der Waals surface area (Å²) >= 11 is 0. The number of halogens is 3. The van der Waals surface area contributed by atoms with Gasteiger partial charge in [0.1, 0.15) is 11.4 Å². The van der Waals surface area contributed by atoms with Gasteiger partial charge in [0, 0.05) is 18.0 Å². The van der Waals surface area contributed by atoms with Crippen LogP contribution in [0.15, 0.2) is 42.6 Å². The Balaban J connectivity index is 2.14. The van der Waals surface area contributed by atoms with Crippen LogP contribution in [0.3, 0.4) is 0 Å². The standard InChI is InChI=1S/C13H9F3N2O2/c14-13(15,16)11-5-4-8(7-17-11)12(20)18-9-2-1-3-10(19)6-9/h1-7,19H,(H,18,20). The van der Waals surface area contributed by atoms with Crippen molar-refractivity contribution in [3.8, 4) is 5.75 Å². The molecule has 0 aliphatic carbocycles. The molecule has 1 aromatic carbocycles. The molecular weight excluding hydrogens is 273 g/mol. The van der Waals surface area contributed by atoms with Crippen LogP contribution in [0.4, 0.5) is 18.9 Å². The van der Waals surface area contributed by atoms with E-state index in [2.05, 4.69) is 10.3 Å². The minimum atomic E-state index is -4.54. The largest absolute Gasteiger partial charge is 0.508 e. The Morgan fingerprint density at radius 2 is 1.95 bits per heavy atom. The molecule has 104 valence electrons. The van der Waals surface area contributed by atoms with E-state index in [0.717, 1.165) is 18.3 Å². The Morgan fingerprint density at radius 1 is 1.20 bits per heavy atom. The number of amides is 1. The van der Waals surface area contributed by atoms with Gasteiger partial charge in [-0.2, -0.15) is 13.2 Å². The summed E-state index contributed by atoms with van der Waals surface area (Å²) in [4.78, 5) is 15.0. The van der Waals surface area contributed by atoms with Crippen molar-refractivity contribution in [2.75, 3.05) is 5.32 Å². The van der Waals surface area contributed by atoms with Crippen molar-refractivity contribution in [1.82, 2.24) is 4.98 Å². The summed E-state index contributed by atoms with van der Waals surface area (Å²) in [5.41, 5.74) is -0.748. The lowest BCUT2D eigenvalue weighted by atomic mass is 10.2. The number of aromatic hydroxyl groups is 1. The SMILES string of the molecule is O=C(Nc1cccc(O)c1)c1ccc(C(F)(F)F)nc1. The Kier molecular flexibility index (Phi) is 3.60. The number of phenols is 1. The smallest absolute Gasteiger partial charge is 0.433 e. The number of nitrogens with zero attached hydrogens (tertiary/aromatic N) is 1. The highest BCUT2D eigenvalue weighted by atomic mass is 19.4. The van der Waals surface area contributed by atoms with E-state index in [-0.39, 0.29) is 11.3 Å². The number of anilines is 1. The number of alkyl halides is 3. The summed E-state index contributed by atoms with van der Waals surface area (Å²) in [6.45, 7) is 0. The van der Waals surface area contributed by atoms with Crippen molar-refractivity contribution in [2.24, 2.45) is 0 Å². The lowest BCUT2D eigenvalue weighted by molar-refractivity contribution is -0.141. The van der Waals surface area contributed by atoms with Gasteiger partial charge in [0.05, 0.1) is 5.56 Å². The summed E-state index contributed by atoms with van der Waals surface area (Å²) in [7, 11) is 0. The van der Waals surface area contributed by atoms with E-state index >= 15 is 0 Å². The van der Waals surface area contributed by atoms with Gasteiger partial charge in [-0.3, -0.25) is 9.78 Å². The minimum absolute atomic E-state index is 0.0126. The third-order valence-electron chi connectivity index (χ3n) is 2.42. The molecule has 1 aromatic heterocycles. The van der Waals surface area contributed by atoms with E-state index in [4.69, 9.17) is 0 Å². The van der Waals surface area contributed by atoms with E-state index in [1.165, 1.54) is 24.3 Å². The topological polar surface area (TPSA) is 62.2 Å². The van der Waals surface area contributed by atoms with E-state index in [1.807, 2.05) is 0 Å². The maximum atomic E-state index is 12.3. The zero-order chi connectivity index (χ0) is 14.8. The van der Waals surface area contributed by atoms with Crippen LogP contribution in [0.5, 0.6) is 5.75 Å². The molecule has 0 fully saturated rings. The third-order valence-corrected chi connectivity index (χ3v) is 2.42. The number of rotatable bonds is 2. The second kappa shape index (κ2) is 5.20. The summed E-state index contributed by atoms with van der Waals surface area (Å²) < 4.78 is 37.0. The van der Waals surface area contributed by atoms with Gasteiger partial charge in [0.2, 0.25) is 0 Å². The number of carbonyl (C=O) groups is 1.